The van der Waals surface area contributed by atoms with E-state index in [4.69, 9.17) is 14.6 Å². The van der Waals surface area contributed by atoms with Crippen molar-refractivity contribution in [1.82, 2.24) is 0 Å². The quantitative estimate of drug-likeness (QED) is 0.0955. The van der Waals surface area contributed by atoms with Gasteiger partial charge >= 0.3 is 5.97 Å². The molecule has 0 saturated heterocycles. The SMILES string of the molecule is COc1ccc(C(O)(c2ccc(OC)c(CCCCCC(=O)O)c2)c2cc3cccc4ccc5cccc2c5c43)cc1. The molecule has 1 atom stereocenters. The van der Waals surface area contributed by atoms with Crippen LogP contribution >= 0.6 is 0 Å². The van der Waals surface area contributed by atoms with E-state index in [1.165, 1.54) is 10.8 Å². The molecule has 2 N–H and O–H groups in total. The third-order valence-electron chi connectivity index (χ3n) is 8.44. The van der Waals surface area contributed by atoms with Crippen molar-refractivity contribution in [3.63, 3.8) is 0 Å². The number of carbonyl (C=O) groups is 1. The fraction of sp³-hybridized carbons (Fsp3) is 0.216. The summed E-state index contributed by atoms with van der Waals surface area (Å²) >= 11 is 0. The number of hydrogen-bond acceptors (Lipinski definition) is 4. The Labute approximate surface area is 245 Å². The monoisotopic (exact) mass is 558 g/mol. The molecule has 5 heteroatoms. The van der Waals surface area contributed by atoms with Crippen LogP contribution in [0.4, 0.5) is 0 Å². The lowest BCUT2D eigenvalue weighted by Gasteiger charge is -2.33. The Hall–Kier alpha value is -4.61. The molecule has 1 unspecified atom stereocenters. The van der Waals surface area contributed by atoms with Crippen molar-refractivity contribution >= 4 is 38.3 Å². The van der Waals surface area contributed by atoms with Gasteiger partial charge in [-0.3, -0.25) is 4.79 Å². The molecule has 5 nitrogen and oxygen atoms in total. The van der Waals surface area contributed by atoms with Gasteiger partial charge in [-0.15, -0.1) is 0 Å². The lowest BCUT2D eigenvalue weighted by molar-refractivity contribution is -0.137. The van der Waals surface area contributed by atoms with Crippen LogP contribution in [-0.4, -0.2) is 30.4 Å². The van der Waals surface area contributed by atoms with E-state index in [2.05, 4.69) is 54.6 Å². The molecule has 0 fully saturated rings. The molecule has 0 saturated carbocycles. The van der Waals surface area contributed by atoms with Gasteiger partial charge in [0.25, 0.3) is 0 Å². The first kappa shape index (κ1) is 27.6. The smallest absolute Gasteiger partial charge is 0.303 e. The number of rotatable bonds is 11. The van der Waals surface area contributed by atoms with E-state index in [0.29, 0.717) is 18.6 Å². The van der Waals surface area contributed by atoms with Gasteiger partial charge in [-0.2, -0.15) is 0 Å². The number of carboxylic acid groups (broad SMARTS) is 1. The number of hydrogen-bond donors (Lipinski definition) is 2. The maximum atomic E-state index is 13.1. The first-order valence-corrected chi connectivity index (χ1v) is 14.4. The van der Waals surface area contributed by atoms with Crippen molar-refractivity contribution in [2.45, 2.75) is 37.7 Å². The van der Waals surface area contributed by atoms with Crippen LogP contribution in [0.3, 0.4) is 0 Å². The van der Waals surface area contributed by atoms with Crippen LogP contribution in [0.1, 0.15) is 47.9 Å². The molecule has 6 aromatic carbocycles. The van der Waals surface area contributed by atoms with E-state index in [1.54, 1.807) is 14.2 Å². The first-order chi connectivity index (χ1) is 20.4. The Bertz CT molecular complexity index is 1870. The predicted octanol–water partition coefficient (Wildman–Crippen LogP) is 8.07. The molecule has 0 aliphatic rings. The third kappa shape index (κ3) is 4.80. The average Bonchev–Trinajstić information content (AvgIpc) is 3.02. The Balaban J connectivity index is 1.56. The van der Waals surface area contributed by atoms with Crippen LogP contribution in [0.5, 0.6) is 11.5 Å². The minimum absolute atomic E-state index is 0.169. The normalized spacial score (nSPS) is 13.0. The second-order valence-corrected chi connectivity index (χ2v) is 10.9. The van der Waals surface area contributed by atoms with Gasteiger partial charge in [0, 0.05) is 12.0 Å². The minimum Gasteiger partial charge on any atom is -0.497 e. The van der Waals surface area contributed by atoms with Gasteiger partial charge in [-0.05, 0) is 98.6 Å². The topological polar surface area (TPSA) is 76.0 Å². The third-order valence-corrected chi connectivity index (χ3v) is 8.44. The zero-order valence-electron chi connectivity index (χ0n) is 23.9. The van der Waals surface area contributed by atoms with Crippen LogP contribution in [-0.2, 0) is 16.8 Å². The summed E-state index contributed by atoms with van der Waals surface area (Å²) in [7, 11) is 3.29. The van der Waals surface area contributed by atoms with Gasteiger partial charge in [0.05, 0.1) is 14.2 Å². The molecule has 6 rings (SSSR count). The van der Waals surface area contributed by atoms with Gasteiger partial charge in [0.2, 0.25) is 0 Å². The number of aryl methyl sites for hydroxylation is 1. The number of unbranched alkanes of at least 4 members (excludes halogenated alkanes) is 2. The molecule has 0 amide bonds. The van der Waals surface area contributed by atoms with Crippen molar-refractivity contribution in [2.24, 2.45) is 0 Å². The second-order valence-electron chi connectivity index (χ2n) is 10.9. The van der Waals surface area contributed by atoms with E-state index in [9.17, 15) is 9.90 Å². The summed E-state index contributed by atoms with van der Waals surface area (Å²) < 4.78 is 11.2. The second kappa shape index (κ2) is 11.3. The van der Waals surface area contributed by atoms with Crippen molar-refractivity contribution in [3.8, 4) is 11.5 Å². The van der Waals surface area contributed by atoms with Crippen molar-refractivity contribution < 1.29 is 24.5 Å². The van der Waals surface area contributed by atoms with Gasteiger partial charge in [-0.1, -0.05) is 73.2 Å². The molecule has 0 radical (unpaired) electrons. The highest BCUT2D eigenvalue weighted by Gasteiger charge is 2.37. The maximum absolute atomic E-state index is 13.1. The molecular weight excluding hydrogens is 524 g/mol. The molecule has 0 heterocycles. The summed E-state index contributed by atoms with van der Waals surface area (Å²) in [6.07, 6.45) is 3.14. The molecular formula is C37H34O5. The summed E-state index contributed by atoms with van der Waals surface area (Å²) in [5, 5.41) is 28.8. The van der Waals surface area contributed by atoms with E-state index < -0.39 is 11.6 Å². The molecule has 0 aliphatic heterocycles. The standard InChI is InChI=1S/C37H34O5/c1-41-30-19-16-28(17-20-30)37(40,29-18-21-33(42-2)26(22-29)8-4-3-5-13-34(38)39)32-23-27-11-6-9-24-14-15-25-10-7-12-31(32)36(25)35(24)27/h6-7,9-12,14-23,40H,3-5,8,13H2,1-2H3,(H,38,39). The van der Waals surface area contributed by atoms with Gasteiger partial charge in [-0.25, -0.2) is 0 Å². The summed E-state index contributed by atoms with van der Waals surface area (Å²) in [6, 6.07) is 32.6. The van der Waals surface area contributed by atoms with Crippen molar-refractivity contribution in [3.05, 3.63) is 119 Å². The van der Waals surface area contributed by atoms with Gasteiger partial charge in [0.1, 0.15) is 17.1 Å². The number of methoxy groups -OCH3 is 2. The fourth-order valence-corrected chi connectivity index (χ4v) is 6.34. The van der Waals surface area contributed by atoms with Crippen LogP contribution in [0, 0.1) is 0 Å². The molecule has 212 valence electrons. The number of benzene rings is 6. The Morgan fingerprint density at radius 2 is 1.40 bits per heavy atom. The highest BCUT2D eigenvalue weighted by Crippen LogP contribution is 2.46. The highest BCUT2D eigenvalue weighted by molar-refractivity contribution is 6.24. The first-order valence-electron chi connectivity index (χ1n) is 14.4. The molecule has 0 aromatic heterocycles. The highest BCUT2D eigenvalue weighted by atomic mass is 16.5. The van der Waals surface area contributed by atoms with Gasteiger partial charge in [0.15, 0.2) is 0 Å². The molecule has 0 bridgehead atoms. The number of aliphatic hydroxyl groups is 1. The lowest BCUT2D eigenvalue weighted by atomic mass is 9.76. The van der Waals surface area contributed by atoms with Crippen molar-refractivity contribution in [2.75, 3.05) is 14.2 Å². The largest absolute Gasteiger partial charge is 0.497 e. The summed E-state index contributed by atoms with van der Waals surface area (Å²) in [4.78, 5) is 11.0. The van der Waals surface area contributed by atoms with E-state index in [1.807, 2.05) is 42.5 Å². The minimum atomic E-state index is -1.49. The molecule has 0 spiro atoms. The maximum Gasteiger partial charge on any atom is 0.303 e. The number of aliphatic carboxylic acids is 1. The lowest BCUT2D eigenvalue weighted by Crippen LogP contribution is -2.29. The van der Waals surface area contributed by atoms with E-state index in [-0.39, 0.29) is 6.42 Å². The Morgan fingerprint density at radius 3 is 2.12 bits per heavy atom. The zero-order valence-corrected chi connectivity index (χ0v) is 23.9. The van der Waals surface area contributed by atoms with Crippen LogP contribution in [0.25, 0.3) is 32.3 Å². The van der Waals surface area contributed by atoms with Crippen LogP contribution < -0.4 is 9.47 Å². The van der Waals surface area contributed by atoms with Crippen molar-refractivity contribution in [1.29, 1.82) is 0 Å². The van der Waals surface area contributed by atoms with Gasteiger partial charge < -0.3 is 19.7 Å². The number of ether oxygens (including phenoxy) is 2. The molecule has 0 aliphatic carbocycles. The fourth-order valence-electron chi connectivity index (χ4n) is 6.34. The summed E-state index contributed by atoms with van der Waals surface area (Å²) in [5.74, 6) is 0.698. The predicted molar refractivity (Wildman–Crippen MR) is 168 cm³/mol. The summed E-state index contributed by atoms with van der Waals surface area (Å²) in [5.41, 5.74) is 1.77. The van der Waals surface area contributed by atoms with E-state index >= 15 is 0 Å². The van der Waals surface area contributed by atoms with Crippen LogP contribution in [0.2, 0.25) is 0 Å². The zero-order chi connectivity index (χ0) is 29.3. The Morgan fingerprint density at radius 1 is 0.714 bits per heavy atom. The van der Waals surface area contributed by atoms with Crippen LogP contribution in [0.15, 0.2) is 97.1 Å². The molecule has 6 aromatic rings. The Kier molecular flexibility index (Phi) is 7.44. The van der Waals surface area contributed by atoms with E-state index in [0.717, 1.165) is 62.4 Å². The molecule has 42 heavy (non-hydrogen) atoms. The number of carboxylic acids is 1. The average molecular weight is 559 g/mol. The summed E-state index contributed by atoms with van der Waals surface area (Å²) in [6.45, 7) is 0.